The zero-order chi connectivity index (χ0) is 9.57. The normalized spacial score (nSPS) is 59.8. The fourth-order valence-electron chi connectivity index (χ4n) is 0.619. The number of ether oxygens (including phenoxy) is 1. The lowest BCUT2D eigenvalue weighted by atomic mass is 10.3. The van der Waals surface area contributed by atoms with Crippen LogP contribution in [-0.4, -0.2) is 25.2 Å². The van der Waals surface area contributed by atoms with Crippen molar-refractivity contribution >= 4 is 0 Å². The van der Waals surface area contributed by atoms with Gasteiger partial charge in [0.15, 0.2) is 0 Å². The van der Waals surface area contributed by atoms with E-state index >= 15 is 0 Å². The van der Waals surface area contributed by atoms with E-state index in [-0.39, 0.29) is 0 Å². The third kappa shape index (κ3) is 1.46. The van der Waals surface area contributed by atoms with Crippen molar-refractivity contribution in [3.05, 3.63) is 0 Å². The van der Waals surface area contributed by atoms with Gasteiger partial charge in [-0.15, -0.1) is 0 Å². The molecular weight excluding hydrogens is 102 g/mol. The van der Waals surface area contributed by atoms with Gasteiger partial charge in [-0.2, -0.15) is 0 Å². The summed E-state index contributed by atoms with van der Waals surface area (Å²) in [7, 11) is 0. The molecule has 2 unspecified atom stereocenters. The molecule has 48 valence electrons. The van der Waals surface area contributed by atoms with Gasteiger partial charge in [0.05, 0.1) is 12.2 Å². The van der Waals surface area contributed by atoms with E-state index in [1.54, 1.807) is 13.8 Å². The summed E-state index contributed by atoms with van der Waals surface area (Å²) in [5.74, 6) is 0. The van der Waals surface area contributed by atoms with Gasteiger partial charge in [-0.05, 0) is 13.8 Å². The van der Waals surface area contributed by atoms with Crippen LogP contribution >= 0.6 is 0 Å². The molecule has 2 heteroatoms. The second-order valence-electron chi connectivity index (χ2n) is 1.83. The Bertz CT molecular complexity index is 166. The van der Waals surface area contributed by atoms with Gasteiger partial charge >= 0.3 is 0 Å². The lowest BCUT2D eigenvalue weighted by Gasteiger charge is -2.25. The van der Waals surface area contributed by atoms with E-state index < -0.39 is 25.2 Å². The number of hydrogen-bond donors (Lipinski definition) is 1. The van der Waals surface area contributed by atoms with Crippen LogP contribution in [0.1, 0.15) is 19.3 Å². The molecule has 1 aliphatic heterocycles. The monoisotopic (exact) mass is 119 g/mol. The van der Waals surface area contributed by atoms with Gasteiger partial charge in [0.2, 0.25) is 0 Å². The Kier molecular flexibility index (Phi) is 0.822. The Morgan fingerprint density at radius 1 is 1.50 bits per heavy atom. The van der Waals surface area contributed by atoms with Crippen LogP contribution < -0.4 is 5.32 Å². The second kappa shape index (κ2) is 2.46. The minimum Gasteiger partial charge on any atom is -0.373 e. The fraction of sp³-hybridized carbons (Fsp3) is 1.00. The van der Waals surface area contributed by atoms with Gasteiger partial charge in [-0.25, -0.2) is 0 Å². The first kappa shape index (κ1) is 2.67. The Balaban J connectivity index is 2.78. The van der Waals surface area contributed by atoms with Gasteiger partial charge in [-0.1, -0.05) is 0 Å². The molecule has 1 fully saturated rings. The molecule has 0 spiro atoms. The average molecular weight is 119 g/mol. The van der Waals surface area contributed by atoms with Crippen molar-refractivity contribution in [2.45, 2.75) is 26.1 Å². The summed E-state index contributed by atoms with van der Waals surface area (Å²) >= 11 is 0. The maximum atomic E-state index is 7.37. The first-order valence-electron chi connectivity index (χ1n) is 4.70. The minimum absolute atomic E-state index is 0.628. The van der Waals surface area contributed by atoms with E-state index in [1.165, 1.54) is 0 Å². The molecule has 1 rings (SSSR count). The highest BCUT2D eigenvalue weighted by atomic mass is 16.5. The lowest BCUT2D eigenvalue weighted by molar-refractivity contribution is -0.0166. The molecule has 0 aromatic rings. The molecule has 0 aromatic carbocycles. The largest absolute Gasteiger partial charge is 0.373 e. The average Bonchev–Trinajstić information content (AvgIpc) is 1.82. The van der Waals surface area contributed by atoms with Crippen molar-refractivity contribution in [1.82, 2.24) is 5.32 Å². The topological polar surface area (TPSA) is 21.3 Å². The van der Waals surface area contributed by atoms with E-state index in [0.29, 0.717) is 0 Å². The third-order valence-corrected chi connectivity index (χ3v) is 0.959. The van der Waals surface area contributed by atoms with Crippen molar-refractivity contribution < 1.29 is 10.2 Å². The van der Waals surface area contributed by atoms with Crippen molar-refractivity contribution in [1.29, 1.82) is 0 Å². The molecule has 2 atom stereocenters. The van der Waals surface area contributed by atoms with Crippen molar-refractivity contribution in [2.75, 3.05) is 13.0 Å². The summed E-state index contributed by atoms with van der Waals surface area (Å²) in [6, 6.07) is 0. The molecule has 0 radical (unpaired) electrons. The predicted molar refractivity (Wildman–Crippen MR) is 32.9 cm³/mol. The summed E-state index contributed by atoms with van der Waals surface area (Å²) in [4.78, 5) is 0. The van der Waals surface area contributed by atoms with Crippen LogP contribution in [0.4, 0.5) is 0 Å². The maximum absolute atomic E-state index is 7.37. The third-order valence-electron chi connectivity index (χ3n) is 0.959. The smallest absolute Gasteiger partial charge is 0.0675 e. The van der Waals surface area contributed by atoms with E-state index in [1.807, 2.05) is 0 Å². The molecule has 8 heavy (non-hydrogen) atoms. The van der Waals surface area contributed by atoms with E-state index in [0.717, 1.165) is 0 Å². The highest BCUT2D eigenvalue weighted by Crippen LogP contribution is 2.00. The van der Waals surface area contributed by atoms with Crippen LogP contribution in [0.2, 0.25) is 0 Å². The first-order valence-corrected chi connectivity index (χ1v) is 2.70. The number of hydrogen-bond acceptors (Lipinski definition) is 2. The maximum Gasteiger partial charge on any atom is 0.0675 e. The zero-order valence-electron chi connectivity index (χ0n) is 9.06. The molecule has 1 heterocycles. The van der Waals surface area contributed by atoms with E-state index in [9.17, 15) is 0 Å². The number of morpholine rings is 1. The molecule has 0 bridgehead atoms. The molecule has 0 aromatic heterocycles. The second-order valence-corrected chi connectivity index (χ2v) is 1.83. The summed E-state index contributed by atoms with van der Waals surface area (Å²) in [5.41, 5.74) is 0. The minimum atomic E-state index is -1.80. The Morgan fingerprint density at radius 2 is 2.00 bits per heavy atom. The quantitative estimate of drug-likeness (QED) is 0.498. The van der Waals surface area contributed by atoms with Crippen LogP contribution in [0.5, 0.6) is 0 Å². The molecular formula is C6H13NO. The molecule has 0 saturated carbocycles. The lowest BCUT2D eigenvalue weighted by Crippen LogP contribution is -2.41. The summed E-state index contributed by atoms with van der Waals surface area (Å²) < 4.78 is 34.6. The molecule has 1 saturated heterocycles. The van der Waals surface area contributed by atoms with Crippen LogP contribution in [0.15, 0.2) is 0 Å². The standard InChI is InChI=1S/C6H13NO/c1-5-3-7-4-6(2)8-5/h5-7H,3-4H2,1-2H3/i3D2,4D2. The Morgan fingerprint density at radius 3 is 2.38 bits per heavy atom. The number of nitrogens with one attached hydrogen (secondary N) is 1. The van der Waals surface area contributed by atoms with Crippen LogP contribution in [0, 0.1) is 0 Å². The first-order chi connectivity index (χ1) is 5.26. The van der Waals surface area contributed by atoms with E-state index in [2.05, 4.69) is 5.32 Å². The summed E-state index contributed by atoms with van der Waals surface area (Å²) in [5, 5.41) is 2.27. The van der Waals surface area contributed by atoms with Crippen LogP contribution in [-0.2, 0) is 4.74 Å². The summed E-state index contributed by atoms with van der Waals surface area (Å²) in [6.45, 7) is -0.427. The molecule has 1 N–H and O–H groups in total. The van der Waals surface area contributed by atoms with Crippen molar-refractivity contribution in [3.63, 3.8) is 0 Å². The molecule has 1 aliphatic rings. The van der Waals surface area contributed by atoms with Gasteiger partial charge in [-0.3, -0.25) is 0 Å². The highest BCUT2D eigenvalue weighted by molar-refractivity contribution is 4.66. The van der Waals surface area contributed by atoms with Crippen molar-refractivity contribution in [2.24, 2.45) is 0 Å². The van der Waals surface area contributed by atoms with Gasteiger partial charge in [0.1, 0.15) is 0 Å². The van der Waals surface area contributed by atoms with Gasteiger partial charge in [0, 0.05) is 18.5 Å². The molecule has 2 nitrogen and oxygen atoms in total. The fourth-order valence-corrected chi connectivity index (χ4v) is 0.619. The van der Waals surface area contributed by atoms with Gasteiger partial charge in [0.25, 0.3) is 0 Å². The Hall–Kier alpha value is -0.0800. The Labute approximate surface area is 55.8 Å². The van der Waals surface area contributed by atoms with Gasteiger partial charge < -0.3 is 10.1 Å². The molecule has 0 amide bonds. The van der Waals surface area contributed by atoms with Crippen LogP contribution in [0.25, 0.3) is 0 Å². The predicted octanol–water partition coefficient (Wildman–Crippen LogP) is 0.383. The molecule has 0 aliphatic carbocycles. The zero-order valence-corrected chi connectivity index (χ0v) is 5.06. The number of rotatable bonds is 0. The van der Waals surface area contributed by atoms with Crippen molar-refractivity contribution in [3.8, 4) is 0 Å². The van der Waals surface area contributed by atoms with Crippen LogP contribution in [0.3, 0.4) is 0 Å². The highest BCUT2D eigenvalue weighted by Gasteiger charge is 2.12. The summed E-state index contributed by atoms with van der Waals surface area (Å²) in [6.07, 6.45) is -1.26. The SMILES string of the molecule is [2H]C1([2H])NC([2H])([2H])C(C)OC1C. The van der Waals surface area contributed by atoms with E-state index in [4.69, 9.17) is 10.2 Å².